The van der Waals surface area contributed by atoms with Crippen LogP contribution in [0, 0.1) is 0 Å². The van der Waals surface area contributed by atoms with Crippen molar-refractivity contribution in [3.05, 3.63) is 0 Å². The predicted octanol–water partition coefficient (Wildman–Crippen LogP) is -5.76. The Labute approximate surface area is 74.2 Å². The zero-order valence-electron chi connectivity index (χ0n) is 3.67. The van der Waals surface area contributed by atoms with Gasteiger partial charge in [-0.2, -0.15) is 0 Å². The molecule has 0 radical (unpaired) electrons. The molecule has 0 aliphatic carbocycles. The third-order valence-corrected chi connectivity index (χ3v) is 0. The smallest absolute Gasteiger partial charge is 0 e. The second-order valence-corrected chi connectivity index (χ2v) is 2.12. The van der Waals surface area contributed by atoms with Crippen LogP contribution in [0.15, 0.2) is 0 Å². The van der Waals surface area contributed by atoms with Gasteiger partial charge in [-0.05, 0) is 0 Å². The van der Waals surface area contributed by atoms with Gasteiger partial charge in [0.15, 0.2) is 0 Å². The molecule has 0 aromatic rings. The van der Waals surface area contributed by atoms with Gasteiger partial charge in [0.1, 0.15) is 0 Å². The largest absolute Gasteiger partial charge is 0 e. The molecule has 6 nitrogen and oxygen atoms in total. The molecule has 0 fully saturated rings. The molecule has 58 valence electrons. The van der Waals surface area contributed by atoms with E-state index in [4.69, 9.17) is 24.4 Å². The van der Waals surface area contributed by atoms with Crippen molar-refractivity contribution < 1.29 is 45.5 Å². The first-order chi connectivity index (χ1) is 3.46. The molecule has 0 rings (SSSR count). The number of hydrogen-bond donors (Lipinski definition) is 0. The fourth-order valence-corrected chi connectivity index (χ4v) is 0. The minimum atomic E-state index is -3.79. The van der Waals surface area contributed by atoms with Crippen LogP contribution in [0.3, 0.4) is 0 Å². The Morgan fingerprint density at radius 3 is 0.778 bits per heavy atom. The average molecular weight is 438 g/mol. The van der Waals surface area contributed by atoms with Gasteiger partial charge in [-0.25, -0.2) is 0 Å². The van der Waals surface area contributed by atoms with E-state index < -0.39 is 29.0 Å². The van der Waals surface area contributed by atoms with Crippen molar-refractivity contribution >= 4 is 29.0 Å². The molecule has 0 atom stereocenters. The van der Waals surface area contributed by atoms with E-state index in [1.165, 1.54) is 0 Å². The van der Waals surface area contributed by atoms with Crippen molar-refractivity contribution in [1.82, 2.24) is 0 Å². The average Bonchev–Trinajstić information content (AvgIpc) is 1.25. The maximum absolute atomic E-state index is 8.54. The molecule has 0 amide bonds. The van der Waals surface area contributed by atoms with Crippen LogP contribution < -0.4 is 16.8 Å². The first-order valence-electron chi connectivity index (χ1n) is 1.00. The molecule has 0 N–H and O–H groups in total. The van der Waals surface area contributed by atoms with Crippen LogP contribution in [0.4, 0.5) is 0 Å². The molecule has 0 aliphatic heterocycles. The van der Waals surface area contributed by atoms with E-state index >= 15 is 0 Å². The topological polar surface area (TPSA) is 126 Å². The van der Waals surface area contributed by atoms with Gasteiger partial charge in [0.05, 0.1) is 0 Å². The maximum atomic E-state index is 8.54. The summed E-state index contributed by atoms with van der Waals surface area (Å²) >= 11 is -7.58. The van der Waals surface area contributed by atoms with E-state index in [-0.39, 0.29) is 21.1 Å². The molecular weight excluding hydrogens is 438 g/mol. The molecule has 0 aromatic carbocycles. The summed E-state index contributed by atoms with van der Waals surface area (Å²) in [5.41, 5.74) is 0. The molecule has 0 aromatic heterocycles. The van der Waals surface area contributed by atoms with Gasteiger partial charge < -0.3 is 0 Å². The summed E-state index contributed by atoms with van der Waals surface area (Å²) in [4.78, 5) is 0. The Morgan fingerprint density at radius 1 is 0.778 bits per heavy atom. The Hall–Kier alpha value is 1.17. The summed E-state index contributed by atoms with van der Waals surface area (Å²) in [6.07, 6.45) is 0. The Bertz CT molecular complexity index is 69.1. The van der Waals surface area contributed by atoms with E-state index in [1.54, 1.807) is 0 Å². The molecule has 9 heavy (non-hydrogen) atoms. The van der Waals surface area contributed by atoms with Gasteiger partial charge >= 0.3 is 53.4 Å². The van der Waals surface area contributed by atoms with Crippen molar-refractivity contribution in [3.63, 3.8) is 0 Å². The van der Waals surface area contributed by atoms with Crippen LogP contribution in [-0.4, -0.2) is 29.0 Å². The summed E-state index contributed by atoms with van der Waals surface area (Å²) in [7, 11) is 0. The van der Waals surface area contributed by atoms with Crippen LogP contribution in [0.2, 0.25) is 0 Å². The number of hydrogen-bond acceptors (Lipinski definition) is 6. The fraction of sp³-hybridized carbons (Fsp3) is 0. The van der Waals surface area contributed by atoms with Crippen LogP contribution in [-0.2, 0) is 28.7 Å². The number of rotatable bonds is 0. The third-order valence-electron chi connectivity index (χ3n) is 0. The van der Waals surface area contributed by atoms with Crippen LogP contribution >= 0.6 is 0 Å². The molecule has 0 aliphatic rings. The van der Waals surface area contributed by atoms with Crippen LogP contribution in [0.5, 0.6) is 0 Å². The second-order valence-electron chi connectivity index (χ2n) is 0.408. The first-order valence-corrected chi connectivity index (χ1v) is 5.20. The van der Waals surface area contributed by atoms with E-state index in [9.17, 15) is 0 Å². The van der Waals surface area contributed by atoms with Crippen molar-refractivity contribution in [2.45, 2.75) is 0 Å². The normalized spacial score (nSPS) is 7.78. The minimum absolute atomic E-state index is 0. The quantitative estimate of drug-likeness (QED) is 0.348. The van der Waals surface area contributed by atoms with Crippen molar-refractivity contribution in [2.75, 3.05) is 0 Å². The summed E-state index contributed by atoms with van der Waals surface area (Å²) in [6.45, 7) is 0. The van der Waals surface area contributed by atoms with Gasteiger partial charge in [-0.15, -0.1) is 0 Å². The SMILES string of the molecule is O=[Se]([O-])[O-].O=[Se]([O-])[O-].[W]. The molecular formula is O6Se2W-4. The third kappa shape index (κ3) is 346. The molecule has 0 unspecified atom stereocenters. The maximum Gasteiger partial charge on any atom is 0 e. The molecule has 0 saturated carbocycles. The monoisotopic (exact) mass is 440 g/mol. The Balaban J connectivity index is -0.0000000720. The van der Waals surface area contributed by atoms with E-state index in [1.807, 2.05) is 0 Å². The van der Waals surface area contributed by atoms with E-state index in [0.717, 1.165) is 0 Å². The summed E-state index contributed by atoms with van der Waals surface area (Å²) in [5, 5.41) is 0. The Morgan fingerprint density at radius 2 is 0.778 bits per heavy atom. The molecule has 0 saturated heterocycles. The Kier molecular flexibility index (Phi) is 22.0. The van der Waals surface area contributed by atoms with Gasteiger partial charge in [0, 0.05) is 21.1 Å². The molecule has 9 heteroatoms. The van der Waals surface area contributed by atoms with Gasteiger partial charge in [0.25, 0.3) is 0 Å². The van der Waals surface area contributed by atoms with E-state index in [2.05, 4.69) is 0 Å². The van der Waals surface area contributed by atoms with Crippen molar-refractivity contribution in [1.29, 1.82) is 0 Å². The zero-order chi connectivity index (χ0) is 7.15. The van der Waals surface area contributed by atoms with E-state index in [0.29, 0.717) is 0 Å². The minimum Gasteiger partial charge on any atom is 0 e. The summed E-state index contributed by atoms with van der Waals surface area (Å²) < 4.78 is 51.2. The van der Waals surface area contributed by atoms with Crippen LogP contribution in [0.1, 0.15) is 0 Å². The van der Waals surface area contributed by atoms with Crippen molar-refractivity contribution in [2.24, 2.45) is 0 Å². The van der Waals surface area contributed by atoms with Gasteiger partial charge in [-0.3, -0.25) is 0 Å². The molecule has 0 spiro atoms. The fourth-order valence-electron chi connectivity index (χ4n) is 0. The summed E-state index contributed by atoms with van der Waals surface area (Å²) in [5.74, 6) is 0. The second kappa shape index (κ2) is 11.9. The van der Waals surface area contributed by atoms with Crippen molar-refractivity contribution in [3.8, 4) is 0 Å². The predicted molar refractivity (Wildman–Crippen MR) is 12.9 cm³/mol. The first kappa shape index (κ1) is 16.6. The van der Waals surface area contributed by atoms with Crippen LogP contribution in [0.25, 0.3) is 0 Å². The standard InChI is InChI=1S/2H2O3Se.W/c2*1-4(2)3;/h2*(H2,1,2,3);/p-4. The summed E-state index contributed by atoms with van der Waals surface area (Å²) in [6, 6.07) is 0. The van der Waals surface area contributed by atoms with Gasteiger partial charge in [-0.1, -0.05) is 0 Å². The van der Waals surface area contributed by atoms with Gasteiger partial charge in [0.2, 0.25) is 0 Å². The molecule has 0 bridgehead atoms. The molecule has 0 heterocycles. The zero-order valence-corrected chi connectivity index (χ0v) is 10.0.